The molecule has 1 amide bonds. The number of methoxy groups -OCH3 is 1. The van der Waals surface area contributed by atoms with Crippen molar-refractivity contribution in [2.45, 2.75) is 6.54 Å². The minimum absolute atomic E-state index is 0.0686. The van der Waals surface area contributed by atoms with Crippen LogP contribution in [-0.4, -0.2) is 18.0 Å². The van der Waals surface area contributed by atoms with E-state index in [4.69, 9.17) is 21.6 Å². The Morgan fingerprint density at radius 2 is 2.29 bits per heavy atom. The van der Waals surface area contributed by atoms with E-state index < -0.39 is 5.91 Å². The molecule has 7 heteroatoms. The number of nitriles is 1. The Hall–Kier alpha value is -3.04. The molecule has 0 unspecified atom stereocenters. The van der Waals surface area contributed by atoms with Gasteiger partial charge in [0.15, 0.2) is 0 Å². The highest BCUT2D eigenvalue weighted by molar-refractivity contribution is 6.31. The molecule has 0 spiro atoms. The molecule has 0 atom stereocenters. The van der Waals surface area contributed by atoms with E-state index in [9.17, 15) is 4.79 Å². The fraction of sp³-hybridized carbons (Fsp3) is 0.118. The first-order chi connectivity index (χ1) is 11.6. The monoisotopic (exact) mass is 342 g/mol. The summed E-state index contributed by atoms with van der Waals surface area (Å²) in [6.07, 6.45) is 4.73. The van der Waals surface area contributed by atoms with Crippen LogP contribution in [0.1, 0.15) is 5.56 Å². The molecule has 2 rings (SSSR count). The lowest BCUT2D eigenvalue weighted by atomic mass is 10.2. The van der Waals surface area contributed by atoms with Crippen molar-refractivity contribution in [3.8, 4) is 11.8 Å². The van der Waals surface area contributed by atoms with Crippen molar-refractivity contribution in [1.82, 2.24) is 10.3 Å². The van der Waals surface area contributed by atoms with Crippen LogP contribution in [0.25, 0.3) is 0 Å². The molecule has 6 nitrogen and oxygen atoms in total. The van der Waals surface area contributed by atoms with E-state index in [0.29, 0.717) is 23.0 Å². The van der Waals surface area contributed by atoms with Gasteiger partial charge in [0.05, 0.1) is 12.8 Å². The predicted molar refractivity (Wildman–Crippen MR) is 91.4 cm³/mol. The van der Waals surface area contributed by atoms with Crippen LogP contribution in [0, 0.1) is 11.3 Å². The third kappa shape index (κ3) is 4.73. The van der Waals surface area contributed by atoms with Crippen LogP contribution in [-0.2, 0) is 11.3 Å². The molecular formula is C17H15ClN4O2. The SMILES string of the molecule is COc1ccc(Cl)cc1NC(=O)/C(C#N)=C\NCc1cccnc1. The third-order valence-corrected chi connectivity index (χ3v) is 3.29. The lowest BCUT2D eigenvalue weighted by molar-refractivity contribution is -0.112. The molecule has 0 bridgehead atoms. The van der Waals surface area contributed by atoms with Crippen molar-refractivity contribution >= 4 is 23.2 Å². The summed E-state index contributed by atoms with van der Waals surface area (Å²) < 4.78 is 5.16. The largest absolute Gasteiger partial charge is 0.495 e. The van der Waals surface area contributed by atoms with Crippen molar-refractivity contribution in [2.75, 3.05) is 12.4 Å². The smallest absolute Gasteiger partial charge is 0.267 e. The van der Waals surface area contributed by atoms with Crippen LogP contribution < -0.4 is 15.4 Å². The molecule has 122 valence electrons. The number of nitrogens with one attached hydrogen (secondary N) is 2. The highest BCUT2D eigenvalue weighted by Gasteiger charge is 2.12. The van der Waals surface area contributed by atoms with Crippen molar-refractivity contribution in [3.05, 3.63) is 65.1 Å². The number of rotatable bonds is 6. The molecule has 0 saturated carbocycles. The second-order valence-electron chi connectivity index (χ2n) is 4.71. The van der Waals surface area contributed by atoms with Crippen LogP contribution in [0.5, 0.6) is 5.75 Å². The summed E-state index contributed by atoms with van der Waals surface area (Å²) in [7, 11) is 1.48. The minimum atomic E-state index is -0.559. The zero-order valence-electron chi connectivity index (χ0n) is 12.9. The summed E-state index contributed by atoms with van der Waals surface area (Å²) in [4.78, 5) is 16.2. The van der Waals surface area contributed by atoms with E-state index in [1.165, 1.54) is 13.3 Å². The van der Waals surface area contributed by atoms with E-state index in [0.717, 1.165) is 5.56 Å². The van der Waals surface area contributed by atoms with Crippen LogP contribution >= 0.6 is 11.6 Å². The van der Waals surface area contributed by atoms with Gasteiger partial charge in [-0.25, -0.2) is 0 Å². The number of pyridine rings is 1. The molecule has 2 aromatic rings. The Kier molecular flexibility index (Phi) is 6.17. The zero-order chi connectivity index (χ0) is 17.4. The van der Waals surface area contributed by atoms with E-state index in [1.54, 1.807) is 30.6 Å². The maximum absolute atomic E-state index is 12.2. The van der Waals surface area contributed by atoms with Gasteiger partial charge in [0, 0.05) is 30.2 Å². The Morgan fingerprint density at radius 3 is 2.96 bits per heavy atom. The summed E-state index contributed by atoms with van der Waals surface area (Å²) in [5.74, 6) is -0.106. The molecule has 1 aromatic heterocycles. The van der Waals surface area contributed by atoms with Crippen LogP contribution in [0.4, 0.5) is 5.69 Å². The minimum Gasteiger partial charge on any atom is -0.495 e. The molecule has 1 heterocycles. The Morgan fingerprint density at radius 1 is 1.46 bits per heavy atom. The van der Waals surface area contributed by atoms with Gasteiger partial charge in [0.2, 0.25) is 0 Å². The number of hydrogen-bond donors (Lipinski definition) is 2. The lowest BCUT2D eigenvalue weighted by Gasteiger charge is -2.10. The maximum atomic E-state index is 12.2. The van der Waals surface area contributed by atoms with Gasteiger partial charge >= 0.3 is 0 Å². The predicted octanol–water partition coefficient (Wildman–Crippen LogP) is 2.88. The number of nitrogens with zero attached hydrogens (tertiary/aromatic N) is 2. The number of benzene rings is 1. The second-order valence-corrected chi connectivity index (χ2v) is 5.15. The van der Waals surface area contributed by atoms with E-state index in [1.807, 2.05) is 18.2 Å². The number of ether oxygens (including phenoxy) is 1. The molecule has 24 heavy (non-hydrogen) atoms. The average molecular weight is 343 g/mol. The zero-order valence-corrected chi connectivity index (χ0v) is 13.7. The molecule has 1 aromatic carbocycles. The second kappa shape index (κ2) is 8.56. The summed E-state index contributed by atoms with van der Waals surface area (Å²) in [5.41, 5.74) is 1.26. The normalized spacial score (nSPS) is 10.6. The van der Waals surface area contributed by atoms with Crippen molar-refractivity contribution in [3.63, 3.8) is 0 Å². The molecule has 0 radical (unpaired) electrons. The van der Waals surface area contributed by atoms with Gasteiger partial charge in [-0.2, -0.15) is 5.26 Å². The summed E-state index contributed by atoms with van der Waals surface area (Å²) in [6, 6.07) is 10.4. The van der Waals surface area contributed by atoms with Crippen LogP contribution in [0.2, 0.25) is 5.02 Å². The van der Waals surface area contributed by atoms with Gasteiger partial charge in [-0.15, -0.1) is 0 Å². The molecule has 0 aliphatic carbocycles. The fourth-order valence-electron chi connectivity index (χ4n) is 1.89. The third-order valence-electron chi connectivity index (χ3n) is 3.05. The summed E-state index contributed by atoms with van der Waals surface area (Å²) in [6.45, 7) is 0.451. The molecule has 0 fully saturated rings. The standard InChI is InChI=1S/C17H15ClN4O2/c1-24-16-5-4-14(18)7-15(16)22-17(23)13(8-19)11-21-10-12-3-2-6-20-9-12/h2-7,9,11,21H,10H2,1H3,(H,22,23)/b13-11-. The quantitative estimate of drug-likeness (QED) is 0.622. The lowest BCUT2D eigenvalue weighted by Crippen LogP contribution is -2.17. The molecule has 0 saturated heterocycles. The van der Waals surface area contributed by atoms with Gasteiger partial charge in [-0.3, -0.25) is 9.78 Å². The van der Waals surface area contributed by atoms with Gasteiger partial charge in [0.25, 0.3) is 5.91 Å². The van der Waals surface area contributed by atoms with Gasteiger partial charge in [0.1, 0.15) is 17.4 Å². The first-order valence-electron chi connectivity index (χ1n) is 7.01. The number of halogens is 1. The Bertz CT molecular complexity index is 785. The van der Waals surface area contributed by atoms with Gasteiger partial charge in [-0.05, 0) is 29.8 Å². The van der Waals surface area contributed by atoms with Gasteiger partial charge in [-0.1, -0.05) is 17.7 Å². The molecular weight excluding hydrogens is 328 g/mol. The first-order valence-corrected chi connectivity index (χ1v) is 7.39. The van der Waals surface area contributed by atoms with Crippen LogP contribution in [0.15, 0.2) is 54.5 Å². The number of aromatic nitrogens is 1. The van der Waals surface area contributed by atoms with Crippen molar-refractivity contribution in [1.29, 1.82) is 5.26 Å². The highest BCUT2D eigenvalue weighted by Crippen LogP contribution is 2.27. The Balaban J connectivity index is 2.05. The van der Waals surface area contributed by atoms with E-state index in [-0.39, 0.29) is 5.57 Å². The maximum Gasteiger partial charge on any atom is 0.267 e. The topological polar surface area (TPSA) is 87.0 Å². The summed E-state index contributed by atoms with van der Waals surface area (Å²) in [5, 5.41) is 15.1. The van der Waals surface area contributed by atoms with E-state index in [2.05, 4.69) is 15.6 Å². The number of hydrogen-bond acceptors (Lipinski definition) is 5. The first kappa shape index (κ1) is 17.3. The number of carbonyl (C=O) groups excluding carboxylic acids is 1. The van der Waals surface area contributed by atoms with Crippen LogP contribution in [0.3, 0.4) is 0 Å². The number of amides is 1. The van der Waals surface area contributed by atoms with E-state index >= 15 is 0 Å². The Labute approximate surface area is 144 Å². The molecule has 0 aliphatic heterocycles. The number of carbonyl (C=O) groups is 1. The van der Waals surface area contributed by atoms with Crippen molar-refractivity contribution < 1.29 is 9.53 Å². The fourth-order valence-corrected chi connectivity index (χ4v) is 2.06. The average Bonchev–Trinajstić information content (AvgIpc) is 2.60. The molecule has 2 N–H and O–H groups in total. The molecule has 0 aliphatic rings. The summed E-state index contributed by atoms with van der Waals surface area (Å²) >= 11 is 5.92. The highest BCUT2D eigenvalue weighted by atomic mass is 35.5. The van der Waals surface area contributed by atoms with Crippen molar-refractivity contribution in [2.24, 2.45) is 0 Å². The van der Waals surface area contributed by atoms with Gasteiger partial charge < -0.3 is 15.4 Å². The number of anilines is 1.